The van der Waals surface area contributed by atoms with Crippen LogP contribution in [0.2, 0.25) is 0 Å². The zero-order chi connectivity index (χ0) is 8.69. The van der Waals surface area contributed by atoms with Gasteiger partial charge >= 0.3 is 0 Å². The van der Waals surface area contributed by atoms with Gasteiger partial charge in [-0.25, -0.2) is 0 Å². The first-order valence-corrected chi connectivity index (χ1v) is 5.46. The molecule has 1 nitrogen and oxygen atoms in total. The van der Waals surface area contributed by atoms with E-state index in [9.17, 15) is 0 Å². The van der Waals surface area contributed by atoms with E-state index < -0.39 is 0 Å². The second-order valence-corrected chi connectivity index (χ2v) is 4.15. The Balaban J connectivity index is 3.15. The molecule has 0 aliphatic rings. The molecule has 0 radical (unpaired) electrons. The lowest BCUT2D eigenvalue weighted by molar-refractivity contribution is 0.0531. The van der Waals surface area contributed by atoms with E-state index >= 15 is 0 Å². The third-order valence-electron chi connectivity index (χ3n) is 1.48. The van der Waals surface area contributed by atoms with Gasteiger partial charge in [0.1, 0.15) is 0 Å². The third kappa shape index (κ3) is 8.35. The molecule has 68 valence electrons. The maximum absolute atomic E-state index is 5.56. The summed E-state index contributed by atoms with van der Waals surface area (Å²) in [4.78, 5) is 0. The van der Waals surface area contributed by atoms with Gasteiger partial charge in [0.15, 0.2) is 0 Å². The monoisotopic (exact) mass is 222 g/mol. The number of halogens is 1. The van der Waals surface area contributed by atoms with E-state index in [0.29, 0.717) is 6.10 Å². The molecule has 0 heterocycles. The Labute approximate surface area is 78.6 Å². The minimum absolute atomic E-state index is 0.425. The molecular formula is C9H19BrO. The summed E-state index contributed by atoms with van der Waals surface area (Å²) >= 11 is 3.37. The quantitative estimate of drug-likeness (QED) is 0.496. The fourth-order valence-corrected chi connectivity index (χ4v) is 1.30. The van der Waals surface area contributed by atoms with Crippen molar-refractivity contribution in [3.8, 4) is 0 Å². The highest BCUT2D eigenvalue weighted by Gasteiger charge is 2.03. The molecule has 0 aliphatic heterocycles. The van der Waals surface area contributed by atoms with Crippen LogP contribution in [0.15, 0.2) is 0 Å². The van der Waals surface area contributed by atoms with Gasteiger partial charge in [0.2, 0.25) is 0 Å². The number of ether oxygens (including phenoxy) is 1. The Hall–Kier alpha value is 0.440. The topological polar surface area (TPSA) is 9.23 Å². The Kier molecular flexibility index (Phi) is 7.39. The largest absolute Gasteiger partial charge is 0.378 e. The highest BCUT2D eigenvalue weighted by atomic mass is 79.9. The molecule has 0 fully saturated rings. The van der Waals surface area contributed by atoms with Gasteiger partial charge in [0, 0.05) is 11.9 Å². The van der Waals surface area contributed by atoms with Gasteiger partial charge < -0.3 is 4.74 Å². The molecule has 0 rings (SSSR count). The summed E-state index contributed by atoms with van der Waals surface area (Å²) in [6.45, 7) is 7.49. The first-order chi connectivity index (χ1) is 5.16. The highest BCUT2D eigenvalue weighted by Crippen LogP contribution is 2.07. The van der Waals surface area contributed by atoms with Crippen LogP contribution in [0.5, 0.6) is 0 Å². The average molecular weight is 223 g/mol. The van der Waals surface area contributed by atoms with Crippen LogP contribution in [0, 0.1) is 5.92 Å². The standard InChI is InChI=1S/C9H19BrO/c1-8(2)7-9(3)11-6-4-5-10/h8-9H,4-7H2,1-3H3. The number of hydrogen-bond donors (Lipinski definition) is 0. The molecule has 0 aromatic heterocycles. The number of rotatable bonds is 6. The molecule has 0 saturated carbocycles. The van der Waals surface area contributed by atoms with Crippen molar-refractivity contribution < 1.29 is 4.74 Å². The lowest BCUT2D eigenvalue weighted by Gasteiger charge is -2.14. The molecule has 2 heteroatoms. The number of hydrogen-bond acceptors (Lipinski definition) is 1. The van der Waals surface area contributed by atoms with Gasteiger partial charge in [-0.3, -0.25) is 0 Å². The van der Waals surface area contributed by atoms with Crippen molar-refractivity contribution in [1.82, 2.24) is 0 Å². The molecule has 0 spiro atoms. The zero-order valence-electron chi connectivity index (χ0n) is 7.77. The van der Waals surface area contributed by atoms with E-state index in [1.54, 1.807) is 0 Å². The summed E-state index contributed by atoms with van der Waals surface area (Å²) in [6.07, 6.45) is 2.71. The molecule has 0 bridgehead atoms. The summed E-state index contributed by atoms with van der Waals surface area (Å²) in [5, 5.41) is 1.04. The van der Waals surface area contributed by atoms with E-state index in [-0.39, 0.29) is 0 Å². The fourth-order valence-electron chi connectivity index (χ4n) is 1.07. The van der Waals surface area contributed by atoms with E-state index in [2.05, 4.69) is 36.7 Å². The summed E-state index contributed by atoms with van der Waals surface area (Å²) in [5.74, 6) is 0.744. The normalized spacial score (nSPS) is 13.9. The van der Waals surface area contributed by atoms with Crippen LogP contribution in [-0.4, -0.2) is 18.0 Å². The molecule has 0 aliphatic carbocycles. The fraction of sp³-hybridized carbons (Fsp3) is 1.00. The Bertz CT molecular complexity index is 83.6. The molecule has 1 atom stereocenters. The molecule has 11 heavy (non-hydrogen) atoms. The summed E-state index contributed by atoms with van der Waals surface area (Å²) in [5.41, 5.74) is 0. The first kappa shape index (κ1) is 11.4. The third-order valence-corrected chi connectivity index (χ3v) is 2.04. The highest BCUT2D eigenvalue weighted by molar-refractivity contribution is 9.09. The second-order valence-electron chi connectivity index (χ2n) is 3.35. The Morgan fingerprint density at radius 1 is 1.27 bits per heavy atom. The van der Waals surface area contributed by atoms with Crippen molar-refractivity contribution in [2.75, 3.05) is 11.9 Å². The van der Waals surface area contributed by atoms with Gasteiger partial charge in [-0.05, 0) is 25.7 Å². The van der Waals surface area contributed by atoms with Crippen molar-refractivity contribution in [2.24, 2.45) is 5.92 Å². The summed E-state index contributed by atoms with van der Waals surface area (Å²) < 4.78 is 5.56. The Morgan fingerprint density at radius 3 is 2.36 bits per heavy atom. The number of alkyl halides is 1. The predicted molar refractivity (Wildman–Crippen MR) is 53.3 cm³/mol. The van der Waals surface area contributed by atoms with Crippen LogP contribution >= 0.6 is 15.9 Å². The molecule has 0 saturated heterocycles. The lowest BCUT2D eigenvalue weighted by Crippen LogP contribution is -2.12. The van der Waals surface area contributed by atoms with Crippen molar-refractivity contribution in [3.05, 3.63) is 0 Å². The molecule has 0 N–H and O–H groups in total. The van der Waals surface area contributed by atoms with E-state index in [0.717, 1.165) is 24.3 Å². The summed E-state index contributed by atoms with van der Waals surface area (Å²) in [7, 11) is 0. The molecule has 0 amide bonds. The van der Waals surface area contributed by atoms with Crippen molar-refractivity contribution >= 4 is 15.9 Å². The Morgan fingerprint density at radius 2 is 1.91 bits per heavy atom. The van der Waals surface area contributed by atoms with Crippen molar-refractivity contribution in [2.45, 2.75) is 39.7 Å². The average Bonchev–Trinajstić information content (AvgIpc) is 1.86. The van der Waals surface area contributed by atoms with Gasteiger partial charge in [0.05, 0.1) is 6.10 Å². The van der Waals surface area contributed by atoms with Crippen LogP contribution in [0.4, 0.5) is 0 Å². The summed E-state index contributed by atoms with van der Waals surface area (Å²) in [6, 6.07) is 0. The minimum atomic E-state index is 0.425. The molecule has 1 unspecified atom stereocenters. The zero-order valence-corrected chi connectivity index (χ0v) is 9.36. The van der Waals surface area contributed by atoms with Crippen LogP contribution in [0.1, 0.15) is 33.6 Å². The maximum Gasteiger partial charge on any atom is 0.0549 e. The maximum atomic E-state index is 5.56. The van der Waals surface area contributed by atoms with Crippen molar-refractivity contribution in [3.63, 3.8) is 0 Å². The lowest BCUT2D eigenvalue weighted by atomic mass is 10.1. The van der Waals surface area contributed by atoms with Crippen LogP contribution in [-0.2, 0) is 4.74 Å². The van der Waals surface area contributed by atoms with E-state index in [1.165, 1.54) is 6.42 Å². The first-order valence-electron chi connectivity index (χ1n) is 4.34. The second kappa shape index (κ2) is 7.11. The minimum Gasteiger partial charge on any atom is -0.378 e. The molecule has 0 aromatic rings. The van der Waals surface area contributed by atoms with Crippen LogP contribution < -0.4 is 0 Å². The SMILES string of the molecule is CC(C)CC(C)OCCCBr. The van der Waals surface area contributed by atoms with E-state index in [4.69, 9.17) is 4.74 Å². The van der Waals surface area contributed by atoms with E-state index in [1.807, 2.05) is 0 Å². The smallest absolute Gasteiger partial charge is 0.0549 e. The van der Waals surface area contributed by atoms with Gasteiger partial charge in [-0.1, -0.05) is 29.8 Å². The molecular weight excluding hydrogens is 204 g/mol. The van der Waals surface area contributed by atoms with Gasteiger partial charge in [-0.2, -0.15) is 0 Å². The van der Waals surface area contributed by atoms with Gasteiger partial charge in [-0.15, -0.1) is 0 Å². The van der Waals surface area contributed by atoms with Crippen LogP contribution in [0.25, 0.3) is 0 Å². The van der Waals surface area contributed by atoms with Crippen LogP contribution in [0.3, 0.4) is 0 Å². The van der Waals surface area contributed by atoms with Crippen molar-refractivity contribution in [1.29, 1.82) is 0 Å². The van der Waals surface area contributed by atoms with Gasteiger partial charge in [0.25, 0.3) is 0 Å². The predicted octanol–water partition coefficient (Wildman–Crippen LogP) is 3.22. The molecule has 0 aromatic carbocycles.